The molecule has 0 bridgehead atoms. The molecule has 0 saturated heterocycles. The largest absolute Gasteiger partial charge is 0.495 e. The Balaban J connectivity index is 1.79. The number of aromatic nitrogens is 3. The van der Waals surface area contributed by atoms with E-state index in [-0.39, 0.29) is 36.0 Å². The van der Waals surface area contributed by atoms with Gasteiger partial charge in [0, 0.05) is 25.0 Å². The molecule has 1 atom stereocenters. The van der Waals surface area contributed by atoms with Crippen molar-refractivity contribution in [3.63, 3.8) is 0 Å². The Bertz CT molecular complexity index is 945. The van der Waals surface area contributed by atoms with E-state index in [9.17, 15) is 19.5 Å². The first kappa shape index (κ1) is 18.8. The number of methoxy groups -OCH3 is 1. The standard InChI is InChI=1S/C18H22N4O5/c1-22-17(25)12(8-20-18(22)26)6-15(24)21-16(10-3-13(23)4-10)11-5-14(27-2)9-19-7-11/h5,7-10,13,16,23H,3-4,6H2,1-2H3,(H,20,26)(H,21,24). The molecule has 2 heterocycles. The molecule has 1 aliphatic rings. The van der Waals surface area contributed by atoms with Crippen LogP contribution in [0.3, 0.4) is 0 Å². The van der Waals surface area contributed by atoms with Crippen LogP contribution in [0.2, 0.25) is 0 Å². The van der Waals surface area contributed by atoms with Crippen molar-refractivity contribution in [3.8, 4) is 5.75 Å². The number of nitrogens with one attached hydrogen (secondary N) is 2. The average Bonchev–Trinajstić information content (AvgIpc) is 2.64. The molecule has 1 saturated carbocycles. The lowest BCUT2D eigenvalue weighted by Crippen LogP contribution is -2.43. The zero-order valence-corrected chi connectivity index (χ0v) is 15.1. The Morgan fingerprint density at radius 3 is 2.85 bits per heavy atom. The van der Waals surface area contributed by atoms with Crippen molar-refractivity contribution in [1.82, 2.24) is 19.9 Å². The maximum atomic E-state index is 12.6. The number of amides is 1. The minimum absolute atomic E-state index is 0.0660. The molecule has 0 aliphatic heterocycles. The van der Waals surface area contributed by atoms with Crippen LogP contribution in [0.1, 0.15) is 30.0 Å². The second kappa shape index (κ2) is 7.75. The maximum absolute atomic E-state index is 12.6. The maximum Gasteiger partial charge on any atom is 0.328 e. The summed E-state index contributed by atoms with van der Waals surface area (Å²) in [5, 5.41) is 12.6. The zero-order chi connectivity index (χ0) is 19.6. The summed E-state index contributed by atoms with van der Waals surface area (Å²) < 4.78 is 6.12. The summed E-state index contributed by atoms with van der Waals surface area (Å²) in [6, 6.07) is 1.44. The summed E-state index contributed by atoms with van der Waals surface area (Å²) in [6.07, 6.45) is 5.09. The Labute approximate surface area is 155 Å². The molecule has 0 spiro atoms. The Kier molecular flexibility index (Phi) is 5.41. The molecule has 1 unspecified atom stereocenters. The van der Waals surface area contributed by atoms with Crippen LogP contribution >= 0.6 is 0 Å². The van der Waals surface area contributed by atoms with Gasteiger partial charge in [-0.15, -0.1) is 0 Å². The number of nitrogens with zero attached hydrogens (tertiary/aromatic N) is 2. The van der Waals surface area contributed by atoms with E-state index in [1.807, 2.05) is 0 Å². The smallest absolute Gasteiger partial charge is 0.328 e. The number of carbonyl (C=O) groups excluding carboxylic acids is 1. The average molecular weight is 374 g/mol. The van der Waals surface area contributed by atoms with Crippen molar-refractivity contribution in [2.45, 2.75) is 31.4 Å². The molecule has 0 aromatic carbocycles. The Hall–Kier alpha value is -2.94. The molecule has 9 heteroatoms. The van der Waals surface area contributed by atoms with Gasteiger partial charge in [-0.2, -0.15) is 0 Å². The van der Waals surface area contributed by atoms with Crippen LogP contribution < -0.4 is 21.3 Å². The van der Waals surface area contributed by atoms with Crippen LogP contribution in [0, 0.1) is 5.92 Å². The summed E-state index contributed by atoms with van der Waals surface area (Å²) in [7, 11) is 2.89. The van der Waals surface area contributed by atoms with Gasteiger partial charge < -0.3 is 20.1 Å². The first-order valence-corrected chi connectivity index (χ1v) is 8.63. The first-order valence-electron chi connectivity index (χ1n) is 8.63. The van der Waals surface area contributed by atoms with Crippen molar-refractivity contribution >= 4 is 5.91 Å². The number of H-pyrrole nitrogens is 1. The van der Waals surface area contributed by atoms with E-state index in [1.54, 1.807) is 18.5 Å². The van der Waals surface area contributed by atoms with Crippen LogP contribution in [0.25, 0.3) is 0 Å². The fourth-order valence-corrected chi connectivity index (χ4v) is 3.23. The van der Waals surface area contributed by atoms with Crippen molar-refractivity contribution < 1.29 is 14.6 Å². The zero-order valence-electron chi connectivity index (χ0n) is 15.1. The summed E-state index contributed by atoms with van der Waals surface area (Å²) in [6.45, 7) is 0. The monoisotopic (exact) mass is 374 g/mol. The molecule has 2 aromatic heterocycles. The third-order valence-corrected chi connectivity index (χ3v) is 4.87. The van der Waals surface area contributed by atoms with Crippen molar-refractivity contribution in [1.29, 1.82) is 0 Å². The highest BCUT2D eigenvalue weighted by Crippen LogP contribution is 2.38. The lowest BCUT2D eigenvalue weighted by atomic mass is 9.75. The van der Waals surface area contributed by atoms with Gasteiger partial charge in [0.05, 0.1) is 31.9 Å². The van der Waals surface area contributed by atoms with Gasteiger partial charge in [0.25, 0.3) is 5.56 Å². The van der Waals surface area contributed by atoms with Gasteiger partial charge in [0.1, 0.15) is 5.75 Å². The van der Waals surface area contributed by atoms with E-state index < -0.39 is 11.2 Å². The number of carbonyl (C=O) groups is 1. The third-order valence-electron chi connectivity index (χ3n) is 4.87. The molecular formula is C18H22N4O5. The molecular weight excluding hydrogens is 352 g/mol. The number of aliphatic hydroxyl groups is 1. The topological polar surface area (TPSA) is 126 Å². The van der Waals surface area contributed by atoms with Gasteiger partial charge in [0.15, 0.2) is 0 Å². The molecule has 1 aliphatic carbocycles. The summed E-state index contributed by atoms with van der Waals surface area (Å²) >= 11 is 0. The number of aliphatic hydroxyl groups excluding tert-OH is 1. The molecule has 9 nitrogen and oxygen atoms in total. The van der Waals surface area contributed by atoms with E-state index in [4.69, 9.17) is 4.74 Å². The van der Waals surface area contributed by atoms with Gasteiger partial charge in [-0.05, 0) is 30.4 Å². The number of ether oxygens (including phenoxy) is 1. The molecule has 1 fully saturated rings. The SMILES string of the molecule is COc1cncc(C(NC(=O)Cc2c[nH]c(=O)n(C)c2=O)C2CC(O)C2)c1. The molecule has 144 valence electrons. The first-order chi connectivity index (χ1) is 12.9. The number of hydrogen-bond acceptors (Lipinski definition) is 6. The molecule has 2 aromatic rings. The molecule has 27 heavy (non-hydrogen) atoms. The van der Waals surface area contributed by atoms with Crippen LogP contribution in [0.5, 0.6) is 5.75 Å². The Morgan fingerprint density at radius 2 is 2.19 bits per heavy atom. The second-order valence-electron chi connectivity index (χ2n) is 6.75. The van der Waals surface area contributed by atoms with E-state index in [1.165, 1.54) is 20.4 Å². The number of hydrogen-bond donors (Lipinski definition) is 3. The summed E-state index contributed by atoms with van der Waals surface area (Å²) in [5.41, 5.74) is -0.0692. The highest BCUT2D eigenvalue weighted by Gasteiger charge is 2.36. The summed E-state index contributed by atoms with van der Waals surface area (Å²) in [4.78, 5) is 42.7. The summed E-state index contributed by atoms with van der Waals surface area (Å²) in [5.74, 6) is 0.283. The van der Waals surface area contributed by atoms with E-state index in [0.717, 1.165) is 10.1 Å². The highest BCUT2D eigenvalue weighted by molar-refractivity contribution is 5.78. The fourth-order valence-electron chi connectivity index (χ4n) is 3.23. The van der Waals surface area contributed by atoms with E-state index in [0.29, 0.717) is 18.6 Å². The predicted octanol–water partition coefficient (Wildman–Crippen LogP) is -0.352. The Morgan fingerprint density at radius 1 is 1.44 bits per heavy atom. The number of rotatable bonds is 6. The molecule has 0 radical (unpaired) electrons. The minimum atomic E-state index is -0.534. The minimum Gasteiger partial charge on any atom is -0.495 e. The van der Waals surface area contributed by atoms with Gasteiger partial charge in [-0.1, -0.05) is 0 Å². The fraction of sp³-hybridized carbons (Fsp3) is 0.444. The third kappa shape index (κ3) is 4.08. The lowest BCUT2D eigenvalue weighted by Gasteiger charge is -2.38. The molecule has 3 rings (SSSR count). The second-order valence-corrected chi connectivity index (χ2v) is 6.75. The number of pyridine rings is 1. The van der Waals surface area contributed by atoms with E-state index in [2.05, 4.69) is 15.3 Å². The van der Waals surface area contributed by atoms with Crippen LogP contribution in [0.15, 0.2) is 34.2 Å². The molecule has 3 N–H and O–H groups in total. The van der Waals surface area contributed by atoms with Crippen LogP contribution in [-0.4, -0.2) is 38.8 Å². The van der Waals surface area contributed by atoms with Crippen molar-refractivity contribution in [3.05, 3.63) is 56.6 Å². The van der Waals surface area contributed by atoms with Crippen LogP contribution in [0.4, 0.5) is 0 Å². The highest BCUT2D eigenvalue weighted by atomic mass is 16.5. The normalized spacial score (nSPS) is 19.8. The quantitative estimate of drug-likeness (QED) is 0.634. The molecule has 1 amide bonds. The predicted molar refractivity (Wildman–Crippen MR) is 96.4 cm³/mol. The van der Waals surface area contributed by atoms with Crippen LogP contribution in [-0.2, 0) is 18.3 Å². The number of aromatic amines is 1. The van der Waals surface area contributed by atoms with Crippen molar-refractivity contribution in [2.75, 3.05) is 7.11 Å². The van der Waals surface area contributed by atoms with Gasteiger partial charge in [-0.25, -0.2) is 4.79 Å². The van der Waals surface area contributed by atoms with E-state index >= 15 is 0 Å². The van der Waals surface area contributed by atoms with Crippen molar-refractivity contribution in [2.24, 2.45) is 13.0 Å². The lowest BCUT2D eigenvalue weighted by molar-refractivity contribution is -0.122. The van der Waals surface area contributed by atoms with Gasteiger partial charge in [-0.3, -0.25) is 19.1 Å². The van der Waals surface area contributed by atoms with Gasteiger partial charge >= 0.3 is 5.69 Å². The van der Waals surface area contributed by atoms with Gasteiger partial charge in [0.2, 0.25) is 5.91 Å².